The highest BCUT2D eigenvalue weighted by Gasteiger charge is 2.04. The zero-order valence-electron chi connectivity index (χ0n) is 6.54. The summed E-state index contributed by atoms with van der Waals surface area (Å²) >= 11 is 0. The molecule has 0 radical (unpaired) electrons. The number of amides is 2. The van der Waals surface area contributed by atoms with Gasteiger partial charge in [0.25, 0.3) is 0 Å². The van der Waals surface area contributed by atoms with Crippen LogP contribution in [-0.4, -0.2) is 6.03 Å². The number of urea groups is 1. The van der Waals surface area contributed by atoms with Crippen molar-refractivity contribution in [1.29, 1.82) is 5.26 Å². The van der Waals surface area contributed by atoms with Gasteiger partial charge in [0.15, 0.2) is 0 Å². The van der Waals surface area contributed by atoms with Crippen LogP contribution in [0.1, 0.15) is 5.56 Å². The molecule has 13 heavy (non-hydrogen) atoms. The van der Waals surface area contributed by atoms with Crippen LogP contribution in [0.25, 0.3) is 0 Å². The summed E-state index contributed by atoms with van der Waals surface area (Å²) in [7, 11) is 0. The average molecular weight is 179 g/mol. The van der Waals surface area contributed by atoms with Crippen LogP contribution in [0.2, 0.25) is 0 Å². The zero-order valence-corrected chi connectivity index (χ0v) is 6.54. The number of rotatable bonds is 1. The number of nitrogens with one attached hydrogen (secondary N) is 1. The van der Waals surface area contributed by atoms with Gasteiger partial charge in [-0.2, -0.15) is 5.26 Å². The van der Waals surface area contributed by atoms with Crippen LogP contribution in [0.4, 0.5) is 14.9 Å². The van der Waals surface area contributed by atoms with E-state index in [0.29, 0.717) is 0 Å². The Bertz CT molecular complexity index is 383. The second kappa shape index (κ2) is 3.54. The maximum Gasteiger partial charge on any atom is 0.316 e. The Balaban J connectivity index is 3.08. The molecule has 0 aliphatic carbocycles. The lowest BCUT2D eigenvalue weighted by Crippen LogP contribution is -2.19. The quantitative estimate of drug-likeness (QED) is 0.679. The van der Waals surface area contributed by atoms with Crippen molar-refractivity contribution in [2.24, 2.45) is 5.73 Å². The lowest BCUT2D eigenvalue weighted by atomic mass is 10.2. The van der Waals surface area contributed by atoms with E-state index in [-0.39, 0.29) is 11.3 Å². The summed E-state index contributed by atoms with van der Waals surface area (Å²) in [6.07, 6.45) is 0. The first-order chi connectivity index (χ1) is 6.13. The molecular formula is C8H6FN3O. The lowest BCUT2D eigenvalue weighted by molar-refractivity contribution is 0.259. The number of hydrogen-bond donors (Lipinski definition) is 2. The first-order valence-corrected chi connectivity index (χ1v) is 3.39. The highest BCUT2D eigenvalue weighted by Crippen LogP contribution is 2.15. The van der Waals surface area contributed by atoms with Crippen LogP contribution < -0.4 is 11.1 Å². The largest absolute Gasteiger partial charge is 0.351 e. The Kier molecular flexibility index (Phi) is 2.45. The van der Waals surface area contributed by atoms with Crippen LogP contribution in [0.5, 0.6) is 0 Å². The van der Waals surface area contributed by atoms with Crippen molar-refractivity contribution in [1.82, 2.24) is 0 Å². The summed E-state index contributed by atoms with van der Waals surface area (Å²) in [6, 6.07) is 4.37. The third-order valence-corrected chi connectivity index (χ3v) is 1.36. The van der Waals surface area contributed by atoms with E-state index in [1.807, 2.05) is 0 Å². The number of nitrogens with two attached hydrogens (primary N) is 1. The predicted octanol–water partition coefficient (Wildman–Crippen LogP) is 1.19. The Hall–Kier alpha value is -2.09. The maximum atomic E-state index is 12.6. The van der Waals surface area contributed by atoms with Crippen molar-refractivity contribution in [3.63, 3.8) is 0 Å². The van der Waals surface area contributed by atoms with Crippen molar-refractivity contribution in [2.75, 3.05) is 5.32 Å². The van der Waals surface area contributed by atoms with Gasteiger partial charge in [-0.05, 0) is 18.2 Å². The molecule has 0 aliphatic rings. The zero-order chi connectivity index (χ0) is 9.84. The Morgan fingerprint density at radius 3 is 2.85 bits per heavy atom. The molecule has 0 saturated carbocycles. The Labute approximate surface area is 73.8 Å². The van der Waals surface area contributed by atoms with Crippen LogP contribution in [0, 0.1) is 17.1 Å². The number of carbonyl (C=O) groups is 1. The molecular weight excluding hydrogens is 173 g/mol. The number of nitriles is 1. The second-order valence-electron chi connectivity index (χ2n) is 2.29. The van der Waals surface area contributed by atoms with Gasteiger partial charge in [-0.15, -0.1) is 0 Å². The molecule has 0 heterocycles. The van der Waals surface area contributed by atoms with Crippen molar-refractivity contribution in [3.8, 4) is 6.07 Å². The minimum absolute atomic E-state index is 0.0406. The number of benzene rings is 1. The highest BCUT2D eigenvalue weighted by molar-refractivity contribution is 5.89. The average Bonchev–Trinajstić information content (AvgIpc) is 2.07. The molecule has 2 amide bonds. The second-order valence-corrected chi connectivity index (χ2v) is 2.29. The van der Waals surface area contributed by atoms with Crippen LogP contribution in [-0.2, 0) is 0 Å². The number of halogens is 1. The van der Waals surface area contributed by atoms with Crippen molar-refractivity contribution < 1.29 is 9.18 Å². The molecule has 0 atom stereocenters. The Morgan fingerprint density at radius 2 is 2.31 bits per heavy atom. The third kappa shape index (κ3) is 2.17. The van der Waals surface area contributed by atoms with E-state index in [4.69, 9.17) is 11.0 Å². The molecule has 0 saturated heterocycles. The van der Waals surface area contributed by atoms with Gasteiger partial charge in [-0.25, -0.2) is 9.18 Å². The number of carbonyl (C=O) groups excluding carboxylic acids is 1. The smallest absolute Gasteiger partial charge is 0.316 e. The molecule has 66 valence electrons. The SMILES string of the molecule is N#Cc1cc(F)ccc1NC(N)=O. The Morgan fingerprint density at radius 1 is 1.62 bits per heavy atom. The van der Waals surface area contributed by atoms with Gasteiger partial charge in [-0.3, -0.25) is 0 Å². The maximum absolute atomic E-state index is 12.6. The molecule has 4 nitrogen and oxygen atoms in total. The van der Waals surface area contributed by atoms with Gasteiger partial charge < -0.3 is 11.1 Å². The van der Waals surface area contributed by atoms with Gasteiger partial charge in [0.2, 0.25) is 0 Å². The monoisotopic (exact) mass is 179 g/mol. The standard InChI is InChI=1S/C8H6FN3O/c9-6-1-2-7(12-8(11)13)5(3-6)4-10/h1-3H,(H3,11,12,13). The number of anilines is 1. The molecule has 0 aromatic heterocycles. The van der Waals surface area contributed by atoms with E-state index in [0.717, 1.165) is 12.1 Å². The van der Waals surface area contributed by atoms with E-state index in [1.54, 1.807) is 6.07 Å². The summed E-state index contributed by atoms with van der Waals surface area (Å²) < 4.78 is 12.6. The molecule has 1 aromatic carbocycles. The minimum Gasteiger partial charge on any atom is -0.351 e. The highest BCUT2D eigenvalue weighted by atomic mass is 19.1. The van der Waals surface area contributed by atoms with E-state index in [1.165, 1.54) is 6.07 Å². The normalized spacial score (nSPS) is 8.92. The fourth-order valence-corrected chi connectivity index (χ4v) is 0.851. The summed E-state index contributed by atoms with van der Waals surface area (Å²) in [6.45, 7) is 0. The predicted molar refractivity (Wildman–Crippen MR) is 44.3 cm³/mol. The van der Waals surface area contributed by atoms with Gasteiger partial charge in [0.05, 0.1) is 11.3 Å². The van der Waals surface area contributed by atoms with Gasteiger partial charge in [0.1, 0.15) is 11.9 Å². The molecule has 1 rings (SSSR count). The van der Waals surface area contributed by atoms with Gasteiger partial charge in [0, 0.05) is 0 Å². The third-order valence-electron chi connectivity index (χ3n) is 1.36. The fraction of sp³-hybridized carbons (Fsp3) is 0. The molecule has 1 aromatic rings. The molecule has 3 N–H and O–H groups in total. The first-order valence-electron chi connectivity index (χ1n) is 3.39. The van der Waals surface area contributed by atoms with E-state index in [9.17, 15) is 9.18 Å². The van der Waals surface area contributed by atoms with Crippen LogP contribution >= 0.6 is 0 Å². The van der Waals surface area contributed by atoms with E-state index < -0.39 is 11.8 Å². The molecule has 0 aliphatic heterocycles. The van der Waals surface area contributed by atoms with E-state index >= 15 is 0 Å². The summed E-state index contributed by atoms with van der Waals surface area (Å²) in [4.78, 5) is 10.4. The van der Waals surface area contributed by atoms with Crippen LogP contribution in [0.15, 0.2) is 18.2 Å². The van der Waals surface area contributed by atoms with E-state index in [2.05, 4.69) is 5.32 Å². The minimum atomic E-state index is -0.789. The van der Waals surface area contributed by atoms with Crippen LogP contribution in [0.3, 0.4) is 0 Å². The summed E-state index contributed by atoms with van der Waals surface area (Å²) in [5, 5.41) is 10.7. The summed E-state index contributed by atoms with van der Waals surface area (Å²) in [5.41, 5.74) is 5.08. The molecule has 0 fully saturated rings. The molecule has 5 heteroatoms. The summed E-state index contributed by atoms with van der Waals surface area (Å²) in [5.74, 6) is -0.536. The number of primary amides is 1. The molecule has 0 spiro atoms. The fourth-order valence-electron chi connectivity index (χ4n) is 0.851. The number of nitrogens with zero attached hydrogens (tertiary/aromatic N) is 1. The van der Waals surface area contributed by atoms with Gasteiger partial charge >= 0.3 is 6.03 Å². The van der Waals surface area contributed by atoms with Crippen molar-refractivity contribution in [2.45, 2.75) is 0 Å². The number of hydrogen-bond acceptors (Lipinski definition) is 2. The first kappa shape index (κ1) is 9.00. The van der Waals surface area contributed by atoms with Crippen molar-refractivity contribution in [3.05, 3.63) is 29.6 Å². The van der Waals surface area contributed by atoms with Crippen molar-refractivity contribution >= 4 is 11.7 Å². The topological polar surface area (TPSA) is 78.9 Å². The lowest BCUT2D eigenvalue weighted by Gasteiger charge is -2.02. The molecule has 0 unspecified atom stereocenters. The molecule has 0 bridgehead atoms. The van der Waals surface area contributed by atoms with Gasteiger partial charge in [-0.1, -0.05) is 0 Å².